The molecule has 0 aliphatic heterocycles. The van der Waals surface area contributed by atoms with Gasteiger partial charge in [0.05, 0.1) is 15.5 Å². The minimum atomic E-state index is -0.400. The van der Waals surface area contributed by atoms with Gasteiger partial charge in [0.15, 0.2) is 6.10 Å². The first-order valence-electron chi connectivity index (χ1n) is 8.38. The molecule has 1 fully saturated rings. The van der Waals surface area contributed by atoms with Crippen LogP contribution in [0.2, 0.25) is 0 Å². The lowest BCUT2D eigenvalue weighted by atomic mass is 10.00. The predicted molar refractivity (Wildman–Crippen MR) is 95.6 cm³/mol. The zero-order chi connectivity index (χ0) is 18.0. The maximum Gasteiger partial charge on any atom is 0.303 e. The van der Waals surface area contributed by atoms with Gasteiger partial charge in [-0.15, -0.1) is 11.3 Å². The fraction of sp³-hybridized carbons (Fsp3) is 0.444. The van der Waals surface area contributed by atoms with Crippen LogP contribution in [-0.4, -0.2) is 15.9 Å². The summed E-state index contributed by atoms with van der Waals surface area (Å²) in [6.45, 7) is 3.21. The molecule has 25 heavy (non-hydrogen) atoms. The molecule has 6 nitrogen and oxygen atoms in total. The zero-order valence-corrected chi connectivity index (χ0v) is 15.0. The standard InChI is InChI=1S/C18H20N2O4S/c1-11(24-12(2)21)18-19-16(13-5-3-4-6-13)17(25-18)14-7-9-15(10-8-14)20(22)23/h7-11,13H,3-6H2,1-2H3/t11-/m0/s1. The van der Waals surface area contributed by atoms with Gasteiger partial charge in [0.25, 0.3) is 5.69 Å². The Hall–Kier alpha value is -2.28. The van der Waals surface area contributed by atoms with Crippen molar-refractivity contribution in [1.29, 1.82) is 0 Å². The van der Waals surface area contributed by atoms with Gasteiger partial charge in [-0.2, -0.15) is 0 Å². The molecule has 0 amide bonds. The second-order valence-corrected chi connectivity index (χ2v) is 7.33. The SMILES string of the molecule is CC(=O)O[C@@H](C)c1nc(C2CCCC2)c(-c2ccc([N+](=O)[O-])cc2)s1. The fourth-order valence-corrected chi connectivity index (χ4v) is 4.38. The summed E-state index contributed by atoms with van der Waals surface area (Å²) >= 11 is 1.51. The first kappa shape index (κ1) is 17.5. The zero-order valence-electron chi connectivity index (χ0n) is 14.2. The van der Waals surface area contributed by atoms with Gasteiger partial charge in [0, 0.05) is 25.0 Å². The quantitative estimate of drug-likeness (QED) is 0.426. The summed E-state index contributed by atoms with van der Waals surface area (Å²) in [4.78, 5) is 27.5. The number of hydrogen-bond donors (Lipinski definition) is 0. The minimum Gasteiger partial charge on any atom is -0.455 e. The number of esters is 1. The van der Waals surface area contributed by atoms with Gasteiger partial charge in [-0.05, 0) is 37.5 Å². The number of thiazole rings is 1. The minimum absolute atomic E-state index is 0.0733. The van der Waals surface area contributed by atoms with Gasteiger partial charge in [0.2, 0.25) is 0 Å². The Bertz CT molecular complexity index is 779. The molecule has 1 heterocycles. The summed E-state index contributed by atoms with van der Waals surface area (Å²) in [6, 6.07) is 6.57. The highest BCUT2D eigenvalue weighted by Gasteiger charge is 2.27. The van der Waals surface area contributed by atoms with E-state index in [1.807, 2.05) is 6.92 Å². The number of hydrogen-bond acceptors (Lipinski definition) is 6. The summed E-state index contributed by atoms with van der Waals surface area (Å²) in [5.41, 5.74) is 2.03. The van der Waals surface area contributed by atoms with Crippen molar-refractivity contribution >= 4 is 23.0 Å². The number of ether oxygens (including phenoxy) is 1. The third-order valence-electron chi connectivity index (χ3n) is 4.44. The predicted octanol–water partition coefficient (Wildman–Crippen LogP) is 5.00. The number of carbonyl (C=O) groups is 1. The Morgan fingerprint density at radius 1 is 1.32 bits per heavy atom. The van der Waals surface area contributed by atoms with Crippen LogP contribution in [0.4, 0.5) is 5.69 Å². The molecular weight excluding hydrogens is 340 g/mol. The molecule has 7 heteroatoms. The van der Waals surface area contributed by atoms with E-state index in [-0.39, 0.29) is 11.7 Å². The lowest BCUT2D eigenvalue weighted by molar-refractivity contribution is -0.384. The fourth-order valence-electron chi connectivity index (χ4n) is 3.24. The maximum atomic E-state index is 11.2. The molecule has 1 saturated carbocycles. The Morgan fingerprint density at radius 2 is 1.96 bits per heavy atom. The molecule has 0 bridgehead atoms. The van der Waals surface area contributed by atoms with Gasteiger partial charge in [0.1, 0.15) is 5.01 Å². The summed E-state index contributed by atoms with van der Waals surface area (Å²) < 4.78 is 5.27. The molecule has 1 atom stereocenters. The molecule has 0 unspecified atom stereocenters. The van der Waals surface area contributed by atoms with Crippen molar-refractivity contribution < 1.29 is 14.5 Å². The van der Waals surface area contributed by atoms with E-state index in [0.29, 0.717) is 5.92 Å². The van der Waals surface area contributed by atoms with Crippen molar-refractivity contribution in [1.82, 2.24) is 4.98 Å². The molecule has 0 spiro atoms. The van der Waals surface area contributed by atoms with Crippen LogP contribution in [0.3, 0.4) is 0 Å². The van der Waals surface area contributed by atoms with Crippen LogP contribution in [0.25, 0.3) is 10.4 Å². The van der Waals surface area contributed by atoms with E-state index in [9.17, 15) is 14.9 Å². The average Bonchev–Trinajstić information content (AvgIpc) is 3.23. The van der Waals surface area contributed by atoms with Gasteiger partial charge >= 0.3 is 5.97 Å². The van der Waals surface area contributed by atoms with E-state index in [0.717, 1.165) is 34.0 Å². The summed E-state index contributed by atoms with van der Waals surface area (Å²) in [5, 5.41) is 11.6. The lowest BCUT2D eigenvalue weighted by Crippen LogP contribution is -2.05. The van der Waals surface area contributed by atoms with Crippen LogP contribution in [-0.2, 0) is 9.53 Å². The van der Waals surface area contributed by atoms with Crippen molar-refractivity contribution in [2.75, 3.05) is 0 Å². The maximum absolute atomic E-state index is 11.2. The Labute approximate surface area is 150 Å². The van der Waals surface area contributed by atoms with Gasteiger partial charge in [-0.25, -0.2) is 4.98 Å². The van der Waals surface area contributed by atoms with E-state index in [1.54, 1.807) is 12.1 Å². The highest BCUT2D eigenvalue weighted by Crippen LogP contribution is 2.43. The van der Waals surface area contributed by atoms with E-state index in [4.69, 9.17) is 9.72 Å². The Kier molecular flexibility index (Phi) is 5.13. The van der Waals surface area contributed by atoms with Crippen molar-refractivity contribution in [2.24, 2.45) is 0 Å². The number of rotatable bonds is 5. The van der Waals surface area contributed by atoms with Crippen molar-refractivity contribution in [3.63, 3.8) is 0 Å². The lowest BCUT2D eigenvalue weighted by Gasteiger charge is -2.09. The van der Waals surface area contributed by atoms with Crippen LogP contribution in [0.1, 0.15) is 62.3 Å². The third-order valence-corrected chi connectivity index (χ3v) is 5.72. The second kappa shape index (κ2) is 7.31. The molecule has 1 aromatic carbocycles. The second-order valence-electron chi connectivity index (χ2n) is 6.30. The molecule has 0 N–H and O–H groups in total. The van der Waals surface area contributed by atoms with Gasteiger partial charge in [-0.3, -0.25) is 14.9 Å². The number of nitro groups is 1. The first-order valence-corrected chi connectivity index (χ1v) is 9.20. The summed E-state index contributed by atoms with van der Waals surface area (Å²) in [7, 11) is 0. The van der Waals surface area contributed by atoms with E-state index >= 15 is 0 Å². The van der Waals surface area contributed by atoms with Crippen molar-refractivity contribution in [3.8, 4) is 10.4 Å². The third kappa shape index (κ3) is 3.87. The normalized spacial score (nSPS) is 15.9. The molecule has 2 aromatic rings. The number of benzene rings is 1. The summed E-state index contributed by atoms with van der Waals surface area (Å²) in [5.74, 6) is 0.0710. The van der Waals surface area contributed by atoms with E-state index < -0.39 is 11.0 Å². The van der Waals surface area contributed by atoms with Crippen LogP contribution >= 0.6 is 11.3 Å². The topological polar surface area (TPSA) is 82.3 Å². The van der Waals surface area contributed by atoms with Gasteiger partial charge in [-0.1, -0.05) is 12.8 Å². The van der Waals surface area contributed by atoms with Crippen LogP contribution < -0.4 is 0 Å². The molecule has 0 radical (unpaired) electrons. The van der Waals surface area contributed by atoms with Gasteiger partial charge < -0.3 is 4.74 Å². The molecule has 3 rings (SSSR count). The van der Waals surface area contributed by atoms with E-state index in [1.165, 1.54) is 43.2 Å². The van der Waals surface area contributed by atoms with Crippen LogP contribution in [0, 0.1) is 10.1 Å². The molecule has 1 aliphatic carbocycles. The molecular formula is C18H20N2O4S. The Balaban J connectivity index is 1.99. The van der Waals surface area contributed by atoms with Crippen LogP contribution in [0.15, 0.2) is 24.3 Å². The van der Waals surface area contributed by atoms with E-state index in [2.05, 4.69) is 0 Å². The number of carbonyl (C=O) groups excluding carboxylic acids is 1. The number of non-ortho nitro benzene ring substituents is 1. The monoisotopic (exact) mass is 360 g/mol. The average molecular weight is 360 g/mol. The first-order chi connectivity index (χ1) is 12.0. The smallest absolute Gasteiger partial charge is 0.303 e. The summed E-state index contributed by atoms with van der Waals surface area (Å²) in [6.07, 6.45) is 4.19. The number of nitro benzene ring substituents is 1. The highest BCUT2D eigenvalue weighted by molar-refractivity contribution is 7.15. The molecule has 0 saturated heterocycles. The van der Waals surface area contributed by atoms with Crippen molar-refractivity contribution in [3.05, 3.63) is 45.1 Å². The highest BCUT2D eigenvalue weighted by atomic mass is 32.1. The van der Waals surface area contributed by atoms with Crippen molar-refractivity contribution in [2.45, 2.75) is 51.6 Å². The molecule has 132 valence electrons. The Morgan fingerprint density at radius 3 is 2.52 bits per heavy atom. The molecule has 1 aliphatic rings. The van der Waals surface area contributed by atoms with Crippen LogP contribution in [0.5, 0.6) is 0 Å². The largest absolute Gasteiger partial charge is 0.455 e. The number of aromatic nitrogens is 1. The molecule has 1 aromatic heterocycles. The number of nitrogens with zero attached hydrogens (tertiary/aromatic N) is 2.